The topological polar surface area (TPSA) is 3.24 Å². The molecule has 1 heteroatoms. The van der Waals surface area contributed by atoms with Gasteiger partial charge in [-0.05, 0) is 51.5 Å². The van der Waals surface area contributed by atoms with E-state index in [0.29, 0.717) is 16.5 Å². The Morgan fingerprint density at radius 1 is 1.00 bits per heavy atom. The van der Waals surface area contributed by atoms with Crippen molar-refractivity contribution in [2.75, 3.05) is 7.05 Å². The zero-order valence-electron chi connectivity index (χ0n) is 14.1. The number of nitrogens with zero attached hydrogens (tertiary/aromatic N) is 1. The third-order valence-corrected chi connectivity index (χ3v) is 6.73. The first-order valence-electron chi connectivity index (χ1n) is 7.93. The molecule has 1 aliphatic rings. The van der Waals surface area contributed by atoms with E-state index in [2.05, 4.69) is 60.4 Å². The molecule has 3 unspecified atom stereocenters. The van der Waals surface area contributed by atoms with Gasteiger partial charge in [-0.3, -0.25) is 4.90 Å². The molecule has 18 heavy (non-hydrogen) atoms. The van der Waals surface area contributed by atoms with Gasteiger partial charge in [0.2, 0.25) is 0 Å². The van der Waals surface area contributed by atoms with Crippen LogP contribution in [0.3, 0.4) is 0 Å². The molecule has 1 fully saturated rings. The number of likely N-dealkylation sites (tertiary alicyclic amines) is 1. The van der Waals surface area contributed by atoms with Crippen molar-refractivity contribution in [2.45, 2.75) is 91.6 Å². The van der Waals surface area contributed by atoms with Gasteiger partial charge in [-0.15, -0.1) is 0 Å². The Kier molecular flexibility index (Phi) is 4.58. The van der Waals surface area contributed by atoms with Crippen LogP contribution in [0.15, 0.2) is 0 Å². The Bertz CT molecular complexity index is 283. The molecule has 0 bridgehead atoms. The van der Waals surface area contributed by atoms with E-state index in [4.69, 9.17) is 0 Å². The minimum atomic E-state index is 0.315. The maximum atomic E-state index is 2.70. The molecule has 0 aromatic carbocycles. The van der Waals surface area contributed by atoms with Crippen LogP contribution in [0.25, 0.3) is 0 Å². The van der Waals surface area contributed by atoms with Crippen LogP contribution < -0.4 is 0 Å². The van der Waals surface area contributed by atoms with Crippen molar-refractivity contribution in [3.8, 4) is 0 Å². The normalized spacial score (nSPS) is 41.0. The Morgan fingerprint density at radius 2 is 1.56 bits per heavy atom. The molecule has 0 aromatic heterocycles. The van der Waals surface area contributed by atoms with E-state index in [0.717, 1.165) is 5.92 Å². The molecular formula is C17H35N. The third kappa shape index (κ3) is 2.13. The average Bonchev–Trinajstić information content (AvgIpc) is 2.34. The Morgan fingerprint density at radius 3 is 1.94 bits per heavy atom. The quantitative estimate of drug-likeness (QED) is 0.673. The van der Waals surface area contributed by atoms with Crippen LogP contribution in [0.1, 0.15) is 80.6 Å². The molecule has 0 aliphatic carbocycles. The van der Waals surface area contributed by atoms with Crippen molar-refractivity contribution >= 4 is 0 Å². The summed E-state index contributed by atoms with van der Waals surface area (Å²) in [5.41, 5.74) is 1.09. The van der Waals surface area contributed by atoms with Crippen molar-refractivity contribution in [2.24, 2.45) is 11.3 Å². The first-order valence-corrected chi connectivity index (χ1v) is 7.93. The van der Waals surface area contributed by atoms with Gasteiger partial charge in [0.1, 0.15) is 0 Å². The van der Waals surface area contributed by atoms with Gasteiger partial charge in [-0.1, -0.05) is 47.5 Å². The number of hydrogen-bond acceptors (Lipinski definition) is 1. The fourth-order valence-corrected chi connectivity index (χ4v) is 4.28. The van der Waals surface area contributed by atoms with Crippen LogP contribution in [0.4, 0.5) is 0 Å². The minimum absolute atomic E-state index is 0.315. The summed E-state index contributed by atoms with van der Waals surface area (Å²) in [6.45, 7) is 17.0. The lowest BCUT2D eigenvalue weighted by atomic mass is 9.55. The van der Waals surface area contributed by atoms with Crippen molar-refractivity contribution in [1.29, 1.82) is 0 Å². The van der Waals surface area contributed by atoms with Crippen molar-refractivity contribution in [3.63, 3.8) is 0 Å². The van der Waals surface area contributed by atoms with E-state index in [1.807, 2.05) is 0 Å². The highest BCUT2D eigenvalue weighted by molar-refractivity contribution is 5.10. The second kappa shape index (κ2) is 5.15. The predicted molar refractivity (Wildman–Crippen MR) is 82.0 cm³/mol. The highest BCUT2D eigenvalue weighted by Crippen LogP contribution is 2.55. The molecule has 1 rings (SSSR count). The number of hydrogen-bond donors (Lipinski definition) is 0. The standard InChI is InChI=1S/C17H35N/c1-9-12-14-13-16(6,10-2)18(8)17(7,11-3)15(14,4)5/h14H,9-13H2,1-8H3. The van der Waals surface area contributed by atoms with Crippen LogP contribution in [-0.2, 0) is 0 Å². The first kappa shape index (κ1) is 16.0. The lowest BCUT2D eigenvalue weighted by molar-refractivity contribution is -0.143. The molecule has 0 saturated carbocycles. The molecule has 0 spiro atoms. The molecular weight excluding hydrogens is 218 g/mol. The molecule has 0 N–H and O–H groups in total. The smallest absolute Gasteiger partial charge is 0.0234 e. The monoisotopic (exact) mass is 253 g/mol. The third-order valence-electron chi connectivity index (χ3n) is 6.73. The zero-order valence-corrected chi connectivity index (χ0v) is 14.1. The highest BCUT2D eigenvalue weighted by atomic mass is 15.3. The van der Waals surface area contributed by atoms with E-state index in [1.54, 1.807) is 0 Å². The Hall–Kier alpha value is -0.0400. The lowest BCUT2D eigenvalue weighted by Crippen LogP contribution is -2.68. The molecule has 1 saturated heterocycles. The second-order valence-corrected chi connectivity index (χ2v) is 7.45. The molecule has 0 radical (unpaired) electrons. The second-order valence-electron chi connectivity index (χ2n) is 7.45. The summed E-state index contributed by atoms with van der Waals surface area (Å²) >= 11 is 0. The zero-order chi connectivity index (χ0) is 14.2. The summed E-state index contributed by atoms with van der Waals surface area (Å²) in [6.07, 6.45) is 6.56. The predicted octanol–water partition coefficient (Wildman–Crippen LogP) is 5.10. The van der Waals surface area contributed by atoms with E-state index >= 15 is 0 Å². The summed E-state index contributed by atoms with van der Waals surface area (Å²) in [4.78, 5) is 2.70. The first-order chi connectivity index (χ1) is 8.19. The van der Waals surface area contributed by atoms with Gasteiger partial charge in [0.05, 0.1) is 0 Å². The fraction of sp³-hybridized carbons (Fsp3) is 1.00. The van der Waals surface area contributed by atoms with E-state index in [1.165, 1.54) is 32.1 Å². The van der Waals surface area contributed by atoms with Crippen LogP contribution >= 0.6 is 0 Å². The van der Waals surface area contributed by atoms with Crippen LogP contribution in [0, 0.1) is 11.3 Å². The van der Waals surface area contributed by atoms with Crippen LogP contribution in [0.2, 0.25) is 0 Å². The fourth-order valence-electron chi connectivity index (χ4n) is 4.28. The number of rotatable bonds is 4. The minimum Gasteiger partial charge on any atom is -0.295 e. The van der Waals surface area contributed by atoms with Gasteiger partial charge in [0.15, 0.2) is 0 Å². The summed E-state index contributed by atoms with van der Waals surface area (Å²) < 4.78 is 0. The Labute approximate surface area is 115 Å². The molecule has 1 nitrogen and oxygen atoms in total. The summed E-state index contributed by atoms with van der Waals surface area (Å²) in [5.74, 6) is 0.855. The molecule has 108 valence electrons. The summed E-state index contributed by atoms with van der Waals surface area (Å²) in [6, 6.07) is 0. The largest absolute Gasteiger partial charge is 0.295 e. The van der Waals surface area contributed by atoms with Gasteiger partial charge < -0.3 is 0 Å². The molecule has 1 aliphatic heterocycles. The maximum absolute atomic E-state index is 2.70. The van der Waals surface area contributed by atoms with Crippen molar-refractivity contribution in [3.05, 3.63) is 0 Å². The van der Waals surface area contributed by atoms with Crippen LogP contribution in [0.5, 0.6) is 0 Å². The van der Waals surface area contributed by atoms with Gasteiger partial charge in [0.25, 0.3) is 0 Å². The molecule has 0 aromatic rings. The van der Waals surface area contributed by atoms with Gasteiger partial charge in [-0.25, -0.2) is 0 Å². The molecule has 3 atom stereocenters. The van der Waals surface area contributed by atoms with Gasteiger partial charge in [-0.2, -0.15) is 0 Å². The summed E-state index contributed by atoms with van der Waals surface area (Å²) in [7, 11) is 2.36. The van der Waals surface area contributed by atoms with E-state index in [9.17, 15) is 0 Å². The lowest BCUT2D eigenvalue weighted by Gasteiger charge is -2.64. The average molecular weight is 253 g/mol. The number of piperidine rings is 1. The van der Waals surface area contributed by atoms with Crippen molar-refractivity contribution in [1.82, 2.24) is 4.90 Å². The Balaban J connectivity index is 3.21. The summed E-state index contributed by atoms with van der Waals surface area (Å²) in [5, 5.41) is 0. The van der Waals surface area contributed by atoms with Gasteiger partial charge in [0, 0.05) is 11.1 Å². The SMILES string of the molecule is CCCC1CC(C)(CC)N(C)C(C)(CC)C1(C)C. The maximum Gasteiger partial charge on any atom is 0.0234 e. The van der Waals surface area contributed by atoms with Crippen molar-refractivity contribution < 1.29 is 0 Å². The van der Waals surface area contributed by atoms with Crippen LogP contribution in [-0.4, -0.2) is 23.0 Å². The van der Waals surface area contributed by atoms with E-state index in [-0.39, 0.29) is 0 Å². The highest BCUT2D eigenvalue weighted by Gasteiger charge is 2.56. The molecule has 0 amide bonds. The molecule has 1 heterocycles. The van der Waals surface area contributed by atoms with Gasteiger partial charge >= 0.3 is 0 Å². The van der Waals surface area contributed by atoms with E-state index < -0.39 is 0 Å².